The summed E-state index contributed by atoms with van der Waals surface area (Å²) in [6.07, 6.45) is 0. The van der Waals surface area contributed by atoms with Crippen LogP contribution in [-0.4, -0.2) is 32.3 Å². The minimum absolute atomic E-state index is 0.0118. The van der Waals surface area contributed by atoms with Gasteiger partial charge in [-0.2, -0.15) is 0 Å². The maximum absolute atomic E-state index is 12.1. The van der Waals surface area contributed by atoms with E-state index in [1.807, 2.05) is 13.8 Å². The van der Waals surface area contributed by atoms with Crippen LogP contribution in [0.3, 0.4) is 0 Å². The van der Waals surface area contributed by atoms with Crippen LogP contribution < -0.4 is 0 Å². The lowest BCUT2D eigenvalue weighted by Crippen LogP contribution is -2.31. The molecule has 0 radical (unpaired) electrons. The van der Waals surface area contributed by atoms with E-state index in [4.69, 9.17) is 10.7 Å². The number of halogens is 1. The average molecular weight is 290 g/mol. The van der Waals surface area contributed by atoms with Crippen LogP contribution in [0.1, 0.15) is 29.8 Å². The lowest BCUT2D eigenvalue weighted by Gasteiger charge is -2.19. The Balaban J connectivity index is 3.18. The first-order chi connectivity index (χ1) is 8.31. The second-order valence-electron chi connectivity index (χ2n) is 3.89. The molecule has 0 aliphatic rings. The molecular weight excluding hydrogens is 274 g/mol. The predicted octanol–water partition coefficient (Wildman–Crippen LogP) is 2.40. The van der Waals surface area contributed by atoms with Crippen LogP contribution in [0.25, 0.3) is 0 Å². The molecule has 18 heavy (non-hydrogen) atoms. The average Bonchev–Trinajstić information content (AvgIpc) is 2.29. The number of hydrogen-bond acceptors (Lipinski definition) is 3. The van der Waals surface area contributed by atoms with Gasteiger partial charge < -0.3 is 4.90 Å². The summed E-state index contributed by atoms with van der Waals surface area (Å²) >= 11 is 0. The highest BCUT2D eigenvalue weighted by Gasteiger charge is 2.17. The third-order valence-corrected chi connectivity index (χ3v) is 4.11. The molecule has 1 rings (SSSR count). The molecule has 0 aromatic heterocycles. The number of rotatable bonds is 4. The summed E-state index contributed by atoms with van der Waals surface area (Å²) in [6.45, 7) is 6.72. The molecule has 0 fully saturated rings. The summed E-state index contributed by atoms with van der Waals surface area (Å²) < 4.78 is 22.4. The first-order valence-electron chi connectivity index (χ1n) is 5.65. The molecule has 1 aromatic rings. The lowest BCUT2D eigenvalue weighted by molar-refractivity contribution is 0.0772. The smallest absolute Gasteiger partial charge is 0.261 e. The van der Waals surface area contributed by atoms with Gasteiger partial charge >= 0.3 is 0 Å². The van der Waals surface area contributed by atoms with Gasteiger partial charge in [0.2, 0.25) is 0 Å². The molecule has 6 heteroatoms. The summed E-state index contributed by atoms with van der Waals surface area (Å²) in [5, 5.41) is 0. The van der Waals surface area contributed by atoms with E-state index in [0.717, 1.165) is 0 Å². The van der Waals surface area contributed by atoms with Crippen molar-refractivity contribution in [1.29, 1.82) is 0 Å². The molecule has 1 amide bonds. The van der Waals surface area contributed by atoms with E-state index >= 15 is 0 Å². The van der Waals surface area contributed by atoms with Crippen molar-refractivity contribution in [3.63, 3.8) is 0 Å². The number of aryl methyl sites for hydroxylation is 1. The van der Waals surface area contributed by atoms with E-state index in [1.165, 1.54) is 18.2 Å². The molecule has 0 saturated heterocycles. The van der Waals surface area contributed by atoms with Crippen molar-refractivity contribution in [2.45, 2.75) is 25.7 Å². The molecule has 0 N–H and O–H groups in total. The Bertz CT molecular complexity index is 550. The van der Waals surface area contributed by atoms with Crippen LogP contribution in [0.2, 0.25) is 0 Å². The first-order valence-corrected chi connectivity index (χ1v) is 7.96. The van der Waals surface area contributed by atoms with E-state index in [0.29, 0.717) is 24.2 Å². The summed E-state index contributed by atoms with van der Waals surface area (Å²) in [6, 6.07) is 4.27. The van der Waals surface area contributed by atoms with E-state index in [9.17, 15) is 13.2 Å². The summed E-state index contributed by atoms with van der Waals surface area (Å²) in [4.78, 5) is 13.8. The molecular formula is C12H16ClNO3S. The molecule has 0 atom stereocenters. The predicted molar refractivity (Wildman–Crippen MR) is 71.5 cm³/mol. The fourth-order valence-corrected chi connectivity index (χ4v) is 2.55. The van der Waals surface area contributed by atoms with Crippen molar-refractivity contribution in [3.8, 4) is 0 Å². The Kier molecular flexibility index (Phi) is 4.76. The van der Waals surface area contributed by atoms with Crippen molar-refractivity contribution in [2.24, 2.45) is 0 Å². The fourth-order valence-electron chi connectivity index (χ4n) is 1.71. The van der Waals surface area contributed by atoms with Crippen LogP contribution in [-0.2, 0) is 9.05 Å². The molecule has 0 unspecified atom stereocenters. The van der Waals surface area contributed by atoms with Gasteiger partial charge in [0.1, 0.15) is 0 Å². The standard InChI is InChI=1S/C12H16ClNO3S/c1-4-14(5-2)12(15)11-7-6-10(8-9(11)3)18(13,16)17/h6-8H,4-5H2,1-3H3. The van der Waals surface area contributed by atoms with Gasteiger partial charge in [0.25, 0.3) is 15.0 Å². The molecule has 0 aliphatic carbocycles. The van der Waals surface area contributed by atoms with Crippen LogP contribution in [0.15, 0.2) is 23.1 Å². The minimum Gasteiger partial charge on any atom is -0.339 e. The molecule has 4 nitrogen and oxygen atoms in total. The number of hydrogen-bond donors (Lipinski definition) is 0. The van der Waals surface area contributed by atoms with Crippen molar-refractivity contribution >= 4 is 25.6 Å². The summed E-state index contributed by atoms with van der Waals surface area (Å²) in [5.74, 6) is -0.101. The van der Waals surface area contributed by atoms with E-state index in [1.54, 1.807) is 11.8 Å². The van der Waals surface area contributed by atoms with Crippen molar-refractivity contribution in [2.75, 3.05) is 13.1 Å². The second kappa shape index (κ2) is 5.71. The van der Waals surface area contributed by atoms with Crippen LogP contribution in [0.5, 0.6) is 0 Å². The third kappa shape index (κ3) is 3.23. The van der Waals surface area contributed by atoms with Gasteiger partial charge in [0, 0.05) is 29.3 Å². The number of benzene rings is 1. The van der Waals surface area contributed by atoms with Gasteiger partial charge in [-0.3, -0.25) is 4.79 Å². The molecule has 0 aliphatic heterocycles. The first kappa shape index (κ1) is 15.0. The van der Waals surface area contributed by atoms with E-state index < -0.39 is 9.05 Å². The van der Waals surface area contributed by atoms with E-state index in [-0.39, 0.29) is 10.8 Å². The highest BCUT2D eigenvalue weighted by Crippen LogP contribution is 2.20. The van der Waals surface area contributed by atoms with Gasteiger partial charge in [-0.25, -0.2) is 8.42 Å². The quantitative estimate of drug-likeness (QED) is 0.800. The normalized spacial score (nSPS) is 11.3. The van der Waals surface area contributed by atoms with Gasteiger partial charge in [-0.15, -0.1) is 0 Å². The summed E-state index contributed by atoms with van der Waals surface area (Å²) in [5.41, 5.74) is 1.11. The molecule has 1 aromatic carbocycles. The van der Waals surface area contributed by atoms with Crippen molar-refractivity contribution in [3.05, 3.63) is 29.3 Å². The van der Waals surface area contributed by atoms with Gasteiger partial charge in [0.05, 0.1) is 4.90 Å². The zero-order chi connectivity index (χ0) is 13.9. The topological polar surface area (TPSA) is 54.5 Å². The highest BCUT2D eigenvalue weighted by atomic mass is 35.7. The minimum atomic E-state index is -3.75. The second-order valence-corrected chi connectivity index (χ2v) is 6.46. The van der Waals surface area contributed by atoms with Gasteiger partial charge in [0.15, 0.2) is 0 Å². The SMILES string of the molecule is CCN(CC)C(=O)c1ccc(S(=O)(=O)Cl)cc1C. The van der Waals surface area contributed by atoms with Crippen LogP contribution in [0.4, 0.5) is 0 Å². The molecule has 0 saturated carbocycles. The zero-order valence-corrected chi connectivity index (χ0v) is 12.2. The number of nitrogens with zero attached hydrogens (tertiary/aromatic N) is 1. The molecule has 0 spiro atoms. The van der Waals surface area contributed by atoms with Crippen LogP contribution >= 0.6 is 10.7 Å². The van der Waals surface area contributed by atoms with E-state index in [2.05, 4.69) is 0 Å². The largest absolute Gasteiger partial charge is 0.339 e. The Morgan fingerprint density at radius 3 is 2.22 bits per heavy atom. The number of carbonyl (C=O) groups is 1. The van der Waals surface area contributed by atoms with Crippen molar-refractivity contribution < 1.29 is 13.2 Å². The fraction of sp³-hybridized carbons (Fsp3) is 0.417. The summed E-state index contributed by atoms with van der Waals surface area (Å²) in [7, 11) is 1.50. The number of amides is 1. The Labute approximate surface area is 112 Å². The third-order valence-electron chi connectivity index (χ3n) is 2.76. The Hall–Kier alpha value is -1.07. The maximum Gasteiger partial charge on any atom is 0.261 e. The molecule has 0 bridgehead atoms. The van der Waals surface area contributed by atoms with Gasteiger partial charge in [-0.05, 0) is 44.5 Å². The maximum atomic E-state index is 12.1. The monoisotopic (exact) mass is 289 g/mol. The number of carbonyl (C=O) groups excluding carboxylic acids is 1. The Morgan fingerprint density at radius 1 is 1.28 bits per heavy atom. The van der Waals surface area contributed by atoms with Gasteiger partial charge in [-0.1, -0.05) is 0 Å². The van der Waals surface area contributed by atoms with Crippen molar-refractivity contribution in [1.82, 2.24) is 4.90 Å². The van der Waals surface area contributed by atoms with Crippen LogP contribution in [0, 0.1) is 6.92 Å². The zero-order valence-electron chi connectivity index (χ0n) is 10.6. The highest BCUT2D eigenvalue weighted by molar-refractivity contribution is 8.13. The molecule has 100 valence electrons. The Morgan fingerprint density at radius 2 is 1.83 bits per heavy atom. The lowest BCUT2D eigenvalue weighted by atomic mass is 10.1. The molecule has 0 heterocycles.